The molecule has 0 aromatic heterocycles. The molecule has 0 spiro atoms. The Balaban J connectivity index is 1.26. The first-order chi connectivity index (χ1) is 20.1. The summed E-state index contributed by atoms with van der Waals surface area (Å²) in [5, 5.41) is 6.03. The largest absolute Gasteiger partial charge is 0.379 e. The fourth-order valence-corrected chi connectivity index (χ4v) is 5.23. The Morgan fingerprint density at radius 2 is 1.51 bits per heavy atom. The van der Waals surface area contributed by atoms with Gasteiger partial charge in [-0.2, -0.15) is 0 Å². The maximum Gasteiger partial charge on any atom is 0.253 e. The van der Waals surface area contributed by atoms with Gasteiger partial charge in [0.15, 0.2) is 0 Å². The van der Waals surface area contributed by atoms with Gasteiger partial charge in [0.05, 0.1) is 18.8 Å². The number of nitrogens with one attached hydrogen (secondary N) is 2. The van der Waals surface area contributed by atoms with Crippen LogP contribution in [0.5, 0.6) is 0 Å². The van der Waals surface area contributed by atoms with E-state index in [4.69, 9.17) is 4.74 Å². The number of piperazine rings is 1. The zero-order chi connectivity index (χ0) is 28.3. The summed E-state index contributed by atoms with van der Waals surface area (Å²) >= 11 is 0. The van der Waals surface area contributed by atoms with E-state index in [1.54, 1.807) is 12.1 Å². The highest BCUT2D eigenvalue weighted by Gasteiger charge is 2.23. The average molecular weight is 554 g/mol. The molecule has 8 nitrogen and oxygen atoms in total. The molecule has 41 heavy (non-hydrogen) atoms. The molecule has 0 unspecified atom stereocenters. The molecule has 0 saturated carbocycles. The predicted molar refractivity (Wildman–Crippen MR) is 164 cm³/mol. The third kappa shape index (κ3) is 8.50. The smallest absolute Gasteiger partial charge is 0.253 e. The minimum Gasteiger partial charge on any atom is -0.379 e. The van der Waals surface area contributed by atoms with Crippen LogP contribution in [-0.2, 0) is 16.1 Å². The van der Waals surface area contributed by atoms with Crippen molar-refractivity contribution in [2.24, 2.45) is 0 Å². The van der Waals surface area contributed by atoms with E-state index in [9.17, 15) is 9.59 Å². The Morgan fingerprint density at radius 1 is 0.805 bits per heavy atom. The standard InChI is InChI=1S/C33H39N5O3/c39-32(14-11-27-7-3-1-4-8-27)35-29-12-13-31(30(25-29)33(40)34-15-16-36-21-23-41-24-22-36)38-19-17-37(18-20-38)26-28-9-5-2-6-10-28/h1-14,25H,15-24,26H2,(H,34,40)(H,35,39). The average Bonchev–Trinajstić information content (AvgIpc) is 3.02. The van der Waals surface area contributed by atoms with Crippen LogP contribution in [0.25, 0.3) is 6.08 Å². The predicted octanol–water partition coefficient (Wildman–Crippen LogP) is 3.72. The summed E-state index contributed by atoms with van der Waals surface area (Å²) in [6, 6.07) is 25.8. The number of amides is 2. The minimum absolute atomic E-state index is 0.129. The SMILES string of the molecule is O=C(C=Cc1ccccc1)Nc1ccc(N2CCN(Cc3ccccc3)CC2)c(C(=O)NCCN2CCOCC2)c1. The van der Waals surface area contributed by atoms with Crippen LogP contribution in [0.15, 0.2) is 84.9 Å². The second-order valence-electron chi connectivity index (χ2n) is 10.4. The molecule has 2 heterocycles. The van der Waals surface area contributed by atoms with Gasteiger partial charge in [0.1, 0.15) is 0 Å². The fraction of sp³-hybridized carbons (Fsp3) is 0.333. The molecule has 2 N–H and O–H groups in total. The van der Waals surface area contributed by atoms with E-state index in [0.717, 1.165) is 76.8 Å². The van der Waals surface area contributed by atoms with Crippen LogP contribution in [0.3, 0.4) is 0 Å². The Labute approximate surface area is 242 Å². The van der Waals surface area contributed by atoms with Crippen molar-refractivity contribution in [3.8, 4) is 0 Å². The van der Waals surface area contributed by atoms with Gasteiger partial charge >= 0.3 is 0 Å². The first kappa shape index (κ1) is 28.5. The highest BCUT2D eigenvalue weighted by atomic mass is 16.5. The van der Waals surface area contributed by atoms with Crippen molar-refractivity contribution in [1.82, 2.24) is 15.1 Å². The molecule has 3 aromatic carbocycles. The topological polar surface area (TPSA) is 77.2 Å². The third-order valence-corrected chi connectivity index (χ3v) is 7.51. The van der Waals surface area contributed by atoms with Crippen molar-refractivity contribution < 1.29 is 14.3 Å². The molecule has 2 aliphatic heterocycles. The maximum atomic E-state index is 13.5. The van der Waals surface area contributed by atoms with Crippen molar-refractivity contribution in [3.63, 3.8) is 0 Å². The number of morpholine rings is 1. The molecule has 8 heteroatoms. The molecule has 3 aromatic rings. The summed E-state index contributed by atoms with van der Waals surface area (Å²) in [5.41, 5.74) is 4.32. The number of carbonyl (C=O) groups is 2. The first-order valence-electron chi connectivity index (χ1n) is 14.4. The number of carbonyl (C=O) groups excluding carboxylic acids is 2. The molecule has 0 bridgehead atoms. The van der Waals surface area contributed by atoms with Gasteiger partial charge in [-0.05, 0) is 35.4 Å². The Bertz CT molecular complexity index is 1300. The van der Waals surface area contributed by atoms with Gasteiger partial charge < -0.3 is 20.3 Å². The fourth-order valence-electron chi connectivity index (χ4n) is 5.23. The molecule has 0 aliphatic carbocycles. The van der Waals surface area contributed by atoms with Gasteiger partial charge in [-0.15, -0.1) is 0 Å². The molecule has 2 saturated heterocycles. The molecule has 2 amide bonds. The summed E-state index contributed by atoms with van der Waals surface area (Å²) in [4.78, 5) is 33.2. The second kappa shape index (κ2) is 14.6. The maximum absolute atomic E-state index is 13.5. The van der Waals surface area contributed by atoms with Crippen molar-refractivity contribution in [1.29, 1.82) is 0 Å². The number of nitrogens with zero attached hydrogens (tertiary/aromatic N) is 3. The normalized spacial score (nSPS) is 16.5. The van der Waals surface area contributed by atoms with Crippen LogP contribution < -0.4 is 15.5 Å². The lowest BCUT2D eigenvalue weighted by Crippen LogP contribution is -2.46. The molecule has 0 atom stereocenters. The van der Waals surface area contributed by atoms with Crippen molar-refractivity contribution >= 4 is 29.3 Å². The zero-order valence-electron chi connectivity index (χ0n) is 23.5. The number of hydrogen-bond acceptors (Lipinski definition) is 6. The van der Waals surface area contributed by atoms with E-state index in [1.807, 2.05) is 48.5 Å². The number of rotatable bonds is 10. The van der Waals surface area contributed by atoms with Crippen LogP contribution in [0.1, 0.15) is 21.5 Å². The minimum atomic E-state index is -0.241. The lowest BCUT2D eigenvalue weighted by atomic mass is 10.1. The summed E-state index contributed by atoms with van der Waals surface area (Å²) in [6.07, 6.45) is 3.29. The molecule has 2 fully saturated rings. The summed E-state index contributed by atoms with van der Waals surface area (Å²) in [5.74, 6) is -0.370. The Kier molecular flexibility index (Phi) is 10.2. The van der Waals surface area contributed by atoms with E-state index in [0.29, 0.717) is 17.8 Å². The van der Waals surface area contributed by atoms with Gasteiger partial charge in [0.2, 0.25) is 5.91 Å². The zero-order valence-corrected chi connectivity index (χ0v) is 23.5. The Hall–Kier alpha value is -3.98. The number of hydrogen-bond donors (Lipinski definition) is 2. The van der Waals surface area contributed by atoms with Gasteiger partial charge in [-0.25, -0.2) is 0 Å². The second-order valence-corrected chi connectivity index (χ2v) is 10.4. The lowest BCUT2D eigenvalue weighted by Gasteiger charge is -2.37. The monoisotopic (exact) mass is 553 g/mol. The third-order valence-electron chi connectivity index (χ3n) is 7.51. The van der Waals surface area contributed by atoms with E-state index in [1.165, 1.54) is 11.6 Å². The Morgan fingerprint density at radius 3 is 2.24 bits per heavy atom. The molecule has 214 valence electrons. The van der Waals surface area contributed by atoms with E-state index in [-0.39, 0.29) is 11.8 Å². The summed E-state index contributed by atoms with van der Waals surface area (Å²) in [6.45, 7) is 8.96. The summed E-state index contributed by atoms with van der Waals surface area (Å²) < 4.78 is 5.43. The van der Waals surface area contributed by atoms with Crippen molar-refractivity contribution in [3.05, 3.63) is 102 Å². The van der Waals surface area contributed by atoms with Crippen LogP contribution in [-0.4, -0.2) is 87.2 Å². The van der Waals surface area contributed by atoms with E-state index in [2.05, 4.69) is 49.6 Å². The molecule has 5 rings (SSSR count). The molecule has 0 radical (unpaired) electrons. The van der Waals surface area contributed by atoms with E-state index < -0.39 is 0 Å². The number of anilines is 2. The summed E-state index contributed by atoms with van der Waals surface area (Å²) in [7, 11) is 0. The van der Waals surface area contributed by atoms with Crippen LogP contribution in [0.2, 0.25) is 0 Å². The van der Waals surface area contributed by atoms with Gasteiger partial charge in [0, 0.05) is 76.4 Å². The van der Waals surface area contributed by atoms with Gasteiger partial charge in [0.25, 0.3) is 5.91 Å². The van der Waals surface area contributed by atoms with Gasteiger partial charge in [-0.3, -0.25) is 19.4 Å². The van der Waals surface area contributed by atoms with Crippen molar-refractivity contribution in [2.45, 2.75) is 6.54 Å². The molecular formula is C33H39N5O3. The van der Waals surface area contributed by atoms with Crippen LogP contribution >= 0.6 is 0 Å². The first-order valence-corrected chi connectivity index (χ1v) is 14.4. The highest BCUT2D eigenvalue weighted by Crippen LogP contribution is 2.26. The lowest BCUT2D eigenvalue weighted by molar-refractivity contribution is -0.111. The number of benzene rings is 3. The van der Waals surface area contributed by atoms with Gasteiger partial charge in [-0.1, -0.05) is 60.7 Å². The van der Waals surface area contributed by atoms with E-state index >= 15 is 0 Å². The molecular weight excluding hydrogens is 514 g/mol. The highest BCUT2D eigenvalue weighted by molar-refractivity contribution is 6.05. The quantitative estimate of drug-likeness (QED) is 0.373. The van der Waals surface area contributed by atoms with Crippen molar-refractivity contribution in [2.75, 3.05) is 75.8 Å². The molecule has 2 aliphatic rings. The van der Waals surface area contributed by atoms with Crippen LogP contribution in [0, 0.1) is 0 Å². The number of ether oxygens (including phenoxy) is 1. The van der Waals surface area contributed by atoms with Crippen LogP contribution in [0.4, 0.5) is 11.4 Å².